The van der Waals surface area contributed by atoms with E-state index in [1.165, 1.54) is 0 Å². The molecular formula is C10H16O4. The molecule has 2 aliphatic rings. The fourth-order valence-electron chi connectivity index (χ4n) is 2.01. The third-order valence-electron chi connectivity index (χ3n) is 2.52. The summed E-state index contributed by atoms with van der Waals surface area (Å²) < 4.78 is 16.5. The van der Waals surface area contributed by atoms with E-state index >= 15 is 0 Å². The van der Waals surface area contributed by atoms with Crippen molar-refractivity contribution >= 4 is 0 Å². The molecule has 0 aliphatic carbocycles. The quantitative estimate of drug-likeness (QED) is 0.670. The average Bonchev–Trinajstić information content (AvgIpc) is 2.51. The summed E-state index contributed by atoms with van der Waals surface area (Å²) in [6.07, 6.45) is 0.848. The summed E-state index contributed by atoms with van der Waals surface area (Å²) in [6, 6.07) is 0. The molecule has 1 N–H and O–H groups in total. The molecule has 4 nitrogen and oxygen atoms in total. The van der Waals surface area contributed by atoms with Crippen LogP contribution < -0.4 is 0 Å². The Labute approximate surface area is 83.5 Å². The van der Waals surface area contributed by atoms with Crippen LogP contribution in [0, 0.1) is 0 Å². The second-order valence-electron chi connectivity index (χ2n) is 4.15. The van der Waals surface area contributed by atoms with E-state index in [4.69, 9.17) is 14.2 Å². The number of fused-ring (bicyclic) bond motifs is 1. The smallest absolute Gasteiger partial charge is 0.184 e. The van der Waals surface area contributed by atoms with Gasteiger partial charge in [0.2, 0.25) is 0 Å². The summed E-state index contributed by atoms with van der Waals surface area (Å²) in [7, 11) is 0. The molecule has 0 bridgehead atoms. The third-order valence-corrected chi connectivity index (χ3v) is 2.52. The van der Waals surface area contributed by atoms with Gasteiger partial charge in [-0.3, -0.25) is 0 Å². The maximum Gasteiger partial charge on any atom is 0.184 e. The van der Waals surface area contributed by atoms with Crippen LogP contribution >= 0.6 is 0 Å². The number of aliphatic hydroxyl groups excluding tert-OH is 1. The van der Waals surface area contributed by atoms with Crippen molar-refractivity contribution in [1.29, 1.82) is 0 Å². The minimum absolute atomic E-state index is 0.144. The Morgan fingerprint density at radius 2 is 2.00 bits per heavy atom. The van der Waals surface area contributed by atoms with Gasteiger partial charge >= 0.3 is 0 Å². The van der Waals surface area contributed by atoms with E-state index in [1.54, 1.807) is 6.08 Å². The van der Waals surface area contributed by atoms with Gasteiger partial charge in [0.15, 0.2) is 12.1 Å². The molecule has 14 heavy (non-hydrogen) atoms. The van der Waals surface area contributed by atoms with Gasteiger partial charge in [0.1, 0.15) is 12.2 Å². The lowest BCUT2D eigenvalue weighted by Gasteiger charge is -2.21. The second kappa shape index (κ2) is 3.31. The van der Waals surface area contributed by atoms with Gasteiger partial charge in [-0.2, -0.15) is 0 Å². The predicted molar refractivity (Wildman–Crippen MR) is 49.5 cm³/mol. The summed E-state index contributed by atoms with van der Waals surface area (Å²) in [5.74, 6) is -0.625. The van der Waals surface area contributed by atoms with Gasteiger partial charge in [-0.15, -0.1) is 6.58 Å². The molecule has 0 aromatic carbocycles. The molecule has 2 saturated heterocycles. The fourth-order valence-corrected chi connectivity index (χ4v) is 2.01. The van der Waals surface area contributed by atoms with Crippen LogP contribution in [0.3, 0.4) is 0 Å². The molecule has 0 aromatic heterocycles. The van der Waals surface area contributed by atoms with Crippen molar-refractivity contribution in [3.63, 3.8) is 0 Å². The molecule has 0 radical (unpaired) electrons. The Morgan fingerprint density at radius 3 is 2.64 bits per heavy atom. The first-order chi connectivity index (χ1) is 6.53. The Kier molecular flexibility index (Phi) is 2.39. The van der Waals surface area contributed by atoms with E-state index < -0.39 is 12.1 Å². The molecule has 4 heteroatoms. The maximum absolute atomic E-state index is 9.57. The van der Waals surface area contributed by atoms with Crippen LogP contribution in [0.5, 0.6) is 0 Å². The Hall–Kier alpha value is -0.420. The lowest BCUT2D eigenvalue weighted by Crippen LogP contribution is -2.29. The van der Waals surface area contributed by atoms with Gasteiger partial charge in [0.25, 0.3) is 0 Å². The largest absolute Gasteiger partial charge is 0.366 e. The molecule has 0 aromatic rings. The van der Waals surface area contributed by atoms with Crippen molar-refractivity contribution in [3.8, 4) is 0 Å². The molecule has 0 saturated carbocycles. The molecule has 4 atom stereocenters. The van der Waals surface area contributed by atoms with Crippen molar-refractivity contribution < 1.29 is 19.3 Å². The number of hydrogen-bond donors (Lipinski definition) is 1. The van der Waals surface area contributed by atoms with E-state index in [1.807, 2.05) is 13.8 Å². The summed E-state index contributed by atoms with van der Waals surface area (Å²) in [4.78, 5) is 0. The standard InChI is InChI=1S/C10H16O4/c1-4-5-6-7-8(9(11)12-6)14-10(2,3)13-7/h4,6-9,11H,1,5H2,2-3H3/t6-,7-,8-,9-/m0/s1. The third kappa shape index (κ3) is 1.59. The average molecular weight is 200 g/mol. The lowest BCUT2D eigenvalue weighted by atomic mass is 10.1. The minimum Gasteiger partial charge on any atom is -0.366 e. The van der Waals surface area contributed by atoms with Gasteiger partial charge in [0.05, 0.1) is 6.10 Å². The van der Waals surface area contributed by atoms with Crippen molar-refractivity contribution in [3.05, 3.63) is 12.7 Å². The minimum atomic E-state index is -0.883. The maximum atomic E-state index is 9.57. The molecule has 0 amide bonds. The zero-order chi connectivity index (χ0) is 10.3. The Bertz CT molecular complexity index is 238. The van der Waals surface area contributed by atoms with Crippen LogP contribution in [-0.4, -0.2) is 35.5 Å². The van der Waals surface area contributed by atoms with Crippen LogP contribution in [-0.2, 0) is 14.2 Å². The van der Waals surface area contributed by atoms with Crippen molar-refractivity contribution in [1.82, 2.24) is 0 Å². The van der Waals surface area contributed by atoms with E-state index in [9.17, 15) is 5.11 Å². The highest BCUT2D eigenvalue weighted by Crippen LogP contribution is 2.38. The van der Waals surface area contributed by atoms with Gasteiger partial charge < -0.3 is 19.3 Å². The summed E-state index contributed by atoms with van der Waals surface area (Å²) in [5.41, 5.74) is 0. The lowest BCUT2D eigenvalue weighted by molar-refractivity contribution is -0.219. The first-order valence-electron chi connectivity index (χ1n) is 4.83. The number of ether oxygens (including phenoxy) is 3. The summed E-state index contributed by atoms with van der Waals surface area (Å²) >= 11 is 0. The Balaban J connectivity index is 2.10. The van der Waals surface area contributed by atoms with E-state index in [2.05, 4.69) is 6.58 Å². The summed E-state index contributed by atoms with van der Waals surface area (Å²) in [5, 5.41) is 9.57. The van der Waals surface area contributed by atoms with Crippen molar-refractivity contribution in [2.45, 2.75) is 50.7 Å². The molecular weight excluding hydrogens is 184 g/mol. The van der Waals surface area contributed by atoms with E-state index in [0.29, 0.717) is 6.42 Å². The van der Waals surface area contributed by atoms with Gasteiger partial charge in [-0.05, 0) is 20.3 Å². The first kappa shape index (κ1) is 10.1. The number of rotatable bonds is 2. The van der Waals surface area contributed by atoms with Crippen LogP contribution in [0.1, 0.15) is 20.3 Å². The highest BCUT2D eigenvalue weighted by Gasteiger charge is 2.54. The molecule has 2 fully saturated rings. The van der Waals surface area contributed by atoms with Gasteiger partial charge in [-0.25, -0.2) is 0 Å². The monoisotopic (exact) mass is 200 g/mol. The van der Waals surface area contributed by atoms with Crippen LogP contribution in [0.15, 0.2) is 12.7 Å². The second-order valence-corrected chi connectivity index (χ2v) is 4.15. The van der Waals surface area contributed by atoms with Crippen molar-refractivity contribution in [2.75, 3.05) is 0 Å². The zero-order valence-corrected chi connectivity index (χ0v) is 8.47. The normalized spacial score (nSPS) is 45.1. The first-order valence-corrected chi connectivity index (χ1v) is 4.83. The number of aliphatic hydroxyl groups is 1. The van der Waals surface area contributed by atoms with Crippen molar-refractivity contribution in [2.24, 2.45) is 0 Å². The molecule has 2 heterocycles. The SMILES string of the molecule is C=CC[C@@H]1O[C@H](O)[C@H]2OC(C)(C)O[C@H]21. The van der Waals surface area contributed by atoms with Crippen LogP contribution in [0.4, 0.5) is 0 Å². The molecule has 80 valence electrons. The van der Waals surface area contributed by atoms with E-state index in [0.717, 1.165) is 0 Å². The molecule has 2 aliphatic heterocycles. The topological polar surface area (TPSA) is 47.9 Å². The summed E-state index contributed by atoms with van der Waals surface area (Å²) in [6.45, 7) is 7.31. The predicted octanol–water partition coefficient (Wildman–Crippen LogP) is 0.800. The zero-order valence-electron chi connectivity index (χ0n) is 8.47. The fraction of sp³-hybridized carbons (Fsp3) is 0.800. The van der Waals surface area contributed by atoms with Crippen LogP contribution in [0.25, 0.3) is 0 Å². The number of hydrogen-bond acceptors (Lipinski definition) is 4. The molecule has 2 rings (SSSR count). The molecule has 0 unspecified atom stereocenters. The van der Waals surface area contributed by atoms with Gasteiger partial charge in [0, 0.05) is 0 Å². The van der Waals surface area contributed by atoms with Crippen LogP contribution in [0.2, 0.25) is 0 Å². The highest BCUT2D eigenvalue weighted by atomic mass is 16.8. The Morgan fingerprint density at radius 1 is 1.36 bits per heavy atom. The van der Waals surface area contributed by atoms with E-state index in [-0.39, 0.29) is 18.3 Å². The highest BCUT2D eigenvalue weighted by molar-refractivity contribution is 4.96. The van der Waals surface area contributed by atoms with Gasteiger partial charge in [-0.1, -0.05) is 6.08 Å². The molecule has 0 spiro atoms.